The van der Waals surface area contributed by atoms with Crippen LogP contribution in [0.3, 0.4) is 0 Å². The lowest BCUT2D eigenvalue weighted by Gasteiger charge is -2.13. The number of benzene rings is 6. The Kier molecular flexibility index (Phi) is 9.75. The Morgan fingerprint density at radius 1 is 0.571 bits per heavy atom. The van der Waals surface area contributed by atoms with Crippen LogP contribution in [0.2, 0.25) is 0 Å². The summed E-state index contributed by atoms with van der Waals surface area (Å²) < 4.78 is 0. The van der Waals surface area contributed by atoms with Gasteiger partial charge in [0.2, 0.25) is 0 Å². The third-order valence-electron chi connectivity index (χ3n) is 9.46. The maximum absolute atomic E-state index is 6.73. The maximum atomic E-state index is 6.73. The molecule has 0 bridgehead atoms. The lowest BCUT2D eigenvalue weighted by molar-refractivity contribution is 0.824. The van der Waals surface area contributed by atoms with E-state index < -0.39 is 0 Å². The number of nitrogen functional groups attached to an aromatic ring is 1. The molecule has 2 nitrogen and oxygen atoms in total. The Bertz CT molecular complexity index is 2260. The van der Waals surface area contributed by atoms with Gasteiger partial charge in [-0.05, 0) is 94.8 Å². The topological polar surface area (TPSA) is 38.9 Å². The second-order valence-corrected chi connectivity index (χ2v) is 12.9. The zero-order valence-corrected chi connectivity index (χ0v) is 28.1. The molecule has 6 aromatic carbocycles. The average Bonchev–Trinajstić information content (AvgIpc) is 3.14. The standard InChI is InChI=1S/C47H42N2/c1-34-33-37(25-26-38(34)20-10-17-35-13-4-2-5-14-35)19-12-21-39-29-31-44(43-24-9-8-23-42(39)43)45-32-30-41-28-27-40(46(48)47(41)49-45)22-11-18-36-15-6-3-7-16-36/h2-11,13-16,20,22-33H,12,17-19,21,48H2,1H3/b20-10-,22-11-. The quantitative estimate of drug-likeness (QED) is 0.144. The third kappa shape index (κ3) is 7.55. The molecule has 1 heterocycles. The Morgan fingerprint density at radius 3 is 1.92 bits per heavy atom. The van der Waals surface area contributed by atoms with Crippen LogP contribution in [0.1, 0.15) is 45.4 Å². The predicted octanol–water partition coefficient (Wildman–Crippen LogP) is 11.6. The molecule has 0 radical (unpaired) electrons. The van der Waals surface area contributed by atoms with E-state index in [1.54, 1.807) is 0 Å². The molecule has 7 rings (SSSR count). The van der Waals surface area contributed by atoms with Gasteiger partial charge in [0.05, 0.1) is 16.9 Å². The SMILES string of the molecule is Cc1cc(CCCc2ccc(-c3ccc4ccc(/C=C\Cc5ccccc5)c(N)c4n3)c3ccccc23)ccc1/C=C\Cc1ccccc1. The molecular formula is C47H42N2. The molecule has 240 valence electrons. The van der Waals surface area contributed by atoms with Crippen LogP contribution in [0.5, 0.6) is 0 Å². The van der Waals surface area contributed by atoms with Crippen LogP contribution in [-0.4, -0.2) is 4.98 Å². The molecule has 0 unspecified atom stereocenters. The van der Waals surface area contributed by atoms with Crippen LogP contribution in [0.4, 0.5) is 5.69 Å². The fourth-order valence-electron chi connectivity index (χ4n) is 6.76. The van der Waals surface area contributed by atoms with Gasteiger partial charge in [-0.3, -0.25) is 0 Å². The van der Waals surface area contributed by atoms with Gasteiger partial charge in [0.25, 0.3) is 0 Å². The number of hydrogen-bond donors (Lipinski definition) is 1. The molecule has 0 spiro atoms. The van der Waals surface area contributed by atoms with Crippen molar-refractivity contribution in [2.75, 3.05) is 5.73 Å². The lowest BCUT2D eigenvalue weighted by Crippen LogP contribution is -1.96. The van der Waals surface area contributed by atoms with Gasteiger partial charge >= 0.3 is 0 Å². The summed E-state index contributed by atoms with van der Waals surface area (Å²) in [5.41, 5.74) is 19.4. The van der Waals surface area contributed by atoms with Crippen molar-refractivity contribution in [2.24, 2.45) is 0 Å². The zero-order chi connectivity index (χ0) is 33.4. The largest absolute Gasteiger partial charge is 0.396 e. The molecule has 0 aliphatic rings. The molecule has 0 aliphatic heterocycles. The van der Waals surface area contributed by atoms with Crippen molar-refractivity contribution in [3.8, 4) is 11.3 Å². The van der Waals surface area contributed by atoms with Crippen molar-refractivity contribution in [2.45, 2.75) is 39.0 Å². The molecule has 0 saturated heterocycles. The van der Waals surface area contributed by atoms with Crippen LogP contribution < -0.4 is 5.73 Å². The lowest BCUT2D eigenvalue weighted by atomic mass is 9.93. The number of nitrogens with zero attached hydrogens (tertiary/aromatic N) is 1. The second-order valence-electron chi connectivity index (χ2n) is 12.9. The fourth-order valence-corrected chi connectivity index (χ4v) is 6.76. The van der Waals surface area contributed by atoms with Gasteiger partial charge in [-0.15, -0.1) is 0 Å². The molecule has 49 heavy (non-hydrogen) atoms. The van der Waals surface area contributed by atoms with Crippen LogP contribution >= 0.6 is 0 Å². The highest BCUT2D eigenvalue weighted by atomic mass is 14.7. The highest BCUT2D eigenvalue weighted by Gasteiger charge is 2.12. The van der Waals surface area contributed by atoms with Crippen molar-refractivity contribution in [3.63, 3.8) is 0 Å². The zero-order valence-electron chi connectivity index (χ0n) is 28.1. The number of pyridine rings is 1. The molecule has 2 heteroatoms. The van der Waals surface area contributed by atoms with Crippen LogP contribution in [0.15, 0.2) is 152 Å². The summed E-state index contributed by atoms with van der Waals surface area (Å²) >= 11 is 0. The van der Waals surface area contributed by atoms with E-state index in [0.29, 0.717) is 0 Å². The minimum absolute atomic E-state index is 0.719. The first-order valence-corrected chi connectivity index (χ1v) is 17.3. The average molecular weight is 635 g/mol. The van der Waals surface area contributed by atoms with Gasteiger partial charge < -0.3 is 5.73 Å². The summed E-state index contributed by atoms with van der Waals surface area (Å²) in [6, 6.07) is 49.7. The highest BCUT2D eigenvalue weighted by molar-refractivity contribution is 6.00. The highest BCUT2D eigenvalue weighted by Crippen LogP contribution is 2.33. The summed E-state index contributed by atoms with van der Waals surface area (Å²) in [7, 11) is 0. The molecule has 1 aromatic heterocycles. The van der Waals surface area contributed by atoms with Crippen molar-refractivity contribution in [3.05, 3.63) is 191 Å². The summed E-state index contributed by atoms with van der Waals surface area (Å²) in [5.74, 6) is 0. The van der Waals surface area contributed by atoms with Crippen molar-refractivity contribution in [1.82, 2.24) is 4.98 Å². The number of aryl methyl sites for hydroxylation is 3. The van der Waals surface area contributed by atoms with Gasteiger partial charge in [-0.2, -0.15) is 0 Å². The number of nitrogens with two attached hydrogens (primary N) is 1. The summed E-state index contributed by atoms with van der Waals surface area (Å²) in [6.07, 6.45) is 13.8. The Labute approximate surface area is 290 Å². The Balaban J connectivity index is 1.06. The van der Waals surface area contributed by atoms with Gasteiger partial charge in [0, 0.05) is 10.9 Å². The Hall–Kier alpha value is -5.73. The number of hydrogen-bond acceptors (Lipinski definition) is 2. The number of aromatic nitrogens is 1. The minimum atomic E-state index is 0.719. The molecule has 0 aliphatic carbocycles. The van der Waals surface area contributed by atoms with Crippen LogP contribution in [0, 0.1) is 6.92 Å². The van der Waals surface area contributed by atoms with E-state index in [-0.39, 0.29) is 0 Å². The predicted molar refractivity (Wildman–Crippen MR) is 211 cm³/mol. The summed E-state index contributed by atoms with van der Waals surface area (Å²) in [4.78, 5) is 5.14. The van der Waals surface area contributed by atoms with Crippen molar-refractivity contribution >= 4 is 39.5 Å². The molecule has 2 N–H and O–H groups in total. The van der Waals surface area contributed by atoms with E-state index in [1.807, 2.05) is 6.07 Å². The van der Waals surface area contributed by atoms with E-state index in [9.17, 15) is 0 Å². The molecule has 0 atom stereocenters. The third-order valence-corrected chi connectivity index (χ3v) is 9.46. The van der Waals surface area contributed by atoms with E-state index >= 15 is 0 Å². The first-order chi connectivity index (χ1) is 24.1. The monoisotopic (exact) mass is 634 g/mol. The first-order valence-electron chi connectivity index (χ1n) is 17.3. The number of fused-ring (bicyclic) bond motifs is 2. The van der Waals surface area contributed by atoms with Crippen LogP contribution in [0.25, 0.3) is 45.1 Å². The minimum Gasteiger partial charge on any atom is -0.396 e. The maximum Gasteiger partial charge on any atom is 0.0944 e. The molecule has 0 amide bonds. The van der Waals surface area contributed by atoms with E-state index in [4.69, 9.17) is 10.7 Å². The first kappa shape index (κ1) is 31.8. The normalized spacial score (nSPS) is 11.7. The van der Waals surface area contributed by atoms with Gasteiger partial charge in [-0.1, -0.05) is 158 Å². The molecular weight excluding hydrogens is 593 g/mol. The molecule has 7 aromatic rings. The van der Waals surface area contributed by atoms with Gasteiger partial charge in [-0.25, -0.2) is 4.98 Å². The molecule has 0 saturated carbocycles. The smallest absolute Gasteiger partial charge is 0.0944 e. The summed E-state index contributed by atoms with van der Waals surface area (Å²) in [5, 5.41) is 3.57. The number of rotatable bonds is 11. The second kappa shape index (κ2) is 15.0. The summed E-state index contributed by atoms with van der Waals surface area (Å²) in [6.45, 7) is 2.22. The Morgan fingerprint density at radius 2 is 1.20 bits per heavy atom. The van der Waals surface area contributed by atoms with Gasteiger partial charge in [0.1, 0.15) is 0 Å². The van der Waals surface area contributed by atoms with E-state index in [0.717, 1.165) is 65.5 Å². The number of allylic oxidation sites excluding steroid dienone is 2. The molecule has 0 fully saturated rings. The van der Waals surface area contributed by atoms with Crippen molar-refractivity contribution in [1.29, 1.82) is 0 Å². The van der Waals surface area contributed by atoms with E-state index in [2.05, 4.69) is 165 Å². The fraction of sp³-hybridized carbons (Fsp3) is 0.128. The van der Waals surface area contributed by atoms with Crippen LogP contribution in [-0.2, 0) is 25.7 Å². The van der Waals surface area contributed by atoms with Crippen molar-refractivity contribution < 1.29 is 0 Å². The van der Waals surface area contributed by atoms with Gasteiger partial charge in [0.15, 0.2) is 0 Å². The van der Waals surface area contributed by atoms with E-state index in [1.165, 1.54) is 44.2 Å². The number of anilines is 1.